The molecule has 0 amide bonds. The maximum absolute atomic E-state index is 11.1. The number of carbonyl (C=O) groups is 1. The van der Waals surface area contributed by atoms with Crippen LogP contribution in [0.3, 0.4) is 0 Å². The molecule has 13 heavy (non-hydrogen) atoms. The third kappa shape index (κ3) is 3.71. The summed E-state index contributed by atoms with van der Waals surface area (Å²) in [6.45, 7) is -0.581. The first-order valence-corrected chi connectivity index (χ1v) is 5.46. The SMILES string of the molecule is O=C(O)CNS(=O)(=O)NC1CCC1. The van der Waals surface area contributed by atoms with Gasteiger partial charge in [0.05, 0.1) is 0 Å². The molecule has 1 aliphatic carbocycles. The normalized spacial score (nSPS) is 18.2. The molecule has 1 fully saturated rings. The van der Waals surface area contributed by atoms with Gasteiger partial charge < -0.3 is 5.11 Å². The van der Waals surface area contributed by atoms with Crippen LogP contribution in [0, 0.1) is 0 Å². The first-order valence-electron chi connectivity index (χ1n) is 3.98. The summed E-state index contributed by atoms with van der Waals surface area (Å²) in [6.07, 6.45) is 2.67. The first kappa shape index (κ1) is 10.4. The van der Waals surface area contributed by atoms with Crippen molar-refractivity contribution in [1.82, 2.24) is 9.44 Å². The van der Waals surface area contributed by atoms with Crippen LogP contribution in [-0.4, -0.2) is 32.1 Å². The molecule has 0 unspecified atom stereocenters. The molecule has 0 aromatic carbocycles. The van der Waals surface area contributed by atoms with Gasteiger partial charge in [-0.25, -0.2) is 0 Å². The van der Waals surface area contributed by atoms with Gasteiger partial charge in [0.15, 0.2) is 0 Å². The second-order valence-corrected chi connectivity index (χ2v) is 4.50. The highest BCUT2D eigenvalue weighted by Gasteiger charge is 2.23. The van der Waals surface area contributed by atoms with E-state index in [9.17, 15) is 13.2 Å². The molecule has 7 heteroatoms. The van der Waals surface area contributed by atoms with Gasteiger partial charge in [-0.05, 0) is 12.8 Å². The van der Waals surface area contributed by atoms with Crippen molar-refractivity contribution in [2.24, 2.45) is 0 Å². The molecule has 1 saturated carbocycles. The summed E-state index contributed by atoms with van der Waals surface area (Å²) in [6, 6.07) is -0.0219. The number of carboxylic acid groups (broad SMARTS) is 1. The highest BCUT2D eigenvalue weighted by atomic mass is 32.2. The number of hydrogen-bond donors (Lipinski definition) is 3. The third-order valence-electron chi connectivity index (χ3n) is 1.84. The van der Waals surface area contributed by atoms with Crippen LogP contribution in [-0.2, 0) is 15.0 Å². The van der Waals surface area contributed by atoms with Crippen LogP contribution in [0.25, 0.3) is 0 Å². The highest BCUT2D eigenvalue weighted by Crippen LogP contribution is 2.18. The lowest BCUT2D eigenvalue weighted by Gasteiger charge is -2.25. The predicted molar refractivity (Wildman–Crippen MR) is 45.3 cm³/mol. The fourth-order valence-corrected chi connectivity index (χ4v) is 2.02. The quantitative estimate of drug-likeness (QED) is 0.542. The van der Waals surface area contributed by atoms with E-state index in [0.29, 0.717) is 0 Å². The Morgan fingerprint density at radius 1 is 1.46 bits per heavy atom. The number of rotatable bonds is 5. The zero-order chi connectivity index (χ0) is 9.90. The van der Waals surface area contributed by atoms with Gasteiger partial charge in [0.25, 0.3) is 10.2 Å². The molecule has 0 radical (unpaired) electrons. The van der Waals surface area contributed by atoms with Crippen LogP contribution in [0.2, 0.25) is 0 Å². The van der Waals surface area contributed by atoms with E-state index in [0.717, 1.165) is 19.3 Å². The van der Waals surface area contributed by atoms with Gasteiger partial charge in [-0.1, -0.05) is 6.42 Å². The summed E-state index contributed by atoms with van der Waals surface area (Å²) in [4.78, 5) is 10.1. The standard InChI is InChI=1S/C6H12N2O4S/c9-6(10)4-7-13(11,12)8-5-2-1-3-5/h5,7-8H,1-4H2,(H,9,10). The Kier molecular flexibility index (Phi) is 3.23. The summed E-state index contributed by atoms with van der Waals surface area (Å²) >= 11 is 0. The molecular weight excluding hydrogens is 196 g/mol. The number of nitrogens with one attached hydrogen (secondary N) is 2. The van der Waals surface area contributed by atoms with E-state index in [2.05, 4.69) is 4.72 Å². The topological polar surface area (TPSA) is 95.5 Å². The van der Waals surface area contributed by atoms with E-state index in [-0.39, 0.29) is 6.04 Å². The van der Waals surface area contributed by atoms with Crippen LogP contribution >= 0.6 is 0 Å². The van der Waals surface area contributed by atoms with E-state index in [4.69, 9.17) is 5.11 Å². The smallest absolute Gasteiger partial charge is 0.318 e. The summed E-state index contributed by atoms with van der Waals surface area (Å²) in [7, 11) is -3.62. The fraction of sp³-hybridized carbons (Fsp3) is 0.833. The Balaban J connectivity index is 2.32. The third-order valence-corrected chi connectivity index (χ3v) is 3.01. The van der Waals surface area contributed by atoms with Crippen molar-refractivity contribution in [1.29, 1.82) is 0 Å². The van der Waals surface area contributed by atoms with Gasteiger partial charge in [0.1, 0.15) is 6.54 Å². The molecule has 0 atom stereocenters. The van der Waals surface area contributed by atoms with Crippen molar-refractivity contribution in [2.75, 3.05) is 6.54 Å². The minimum absolute atomic E-state index is 0.0219. The molecule has 0 spiro atoms. The van der Waals surface area contributed by atoms with E-state index < -0.39 is 22.7 Å². The molecule has 0 saturated heterocycles. The Morgan fingerprint density at radius 3 is 2.46 bits per heavy atom. The van der Waals surface area contributed by atoms with E-state index >= 15 is 0 Å². The van der Waals surface area contributed by atoms with E-state index in [1.54, 1.807) is 0 Å². The minimum Gasteiger partial charge on any atom is -0.480 e. The largest absolute Gasteiger partial charge is 0.480 e. The second-order valence-electron chi connectivity index (χ2n) is 2.96. The van der Waals surface area contributed by atoms with E-state index in [1.807, 2.05) is 4.72 Å². The summed E-state index contributed by atoms with van der Waals surface area (Å²) in [5, 5.41) is 8.23. The van der Waals surface area contributed by atoms with Gasteiger partial charge >= 0.3 is 5.97 Å². The van der Waals surface area contributed by atoms with Crippen molar-refractivity contribution in [2.45, 2.75) is 25.3 Å². The van der Waals surface area contributed by atoms with E-state index in [1.165, 1.54) is 0 Å². The van der Waals surface area contributed by atoms with Crippen molar-refractivity contribution in [3.05, 3.63) is 0 Å². The molecule has 6 nitrogen and oxygen atoms in total. The fourth-order valence-electron chi connectivity index (χ4n) is 0.944. The molecule has 0 aliphatic heterocycles. The molecular formula is C6H12N2O4S. The van der Waals surface area contributed by atoms with Crippen LogP contribution in [0.1, 0.15) is 19.3 Å². The molecule has 1 aliphatic rings. The monoisotopic (exact) mass is 208 g/mol. The van der Waals surface area contributed by atoms with Gasteiger partial charge in [-0.3, -0.25) is 4.79 Å². The lowest BCUT2D eigenvalue weighted by molar-refractivity contribution is -0.135. The van der Waals surface area contributed by atoms with Crippen molar-refractivity contribution < 1.29 is 18.3 Å². The second kappa shape index (κ2) is 4.03. The average Bonchev–Trinajstić information content (AvgIpc) is 1.94. The molecule has 76 valence electrons. The first-order chi connectivity index (χ1) is 5.99. The van der Waals surface area contributed by atoms with Crippen LogP contribution in [0.5, 0.6) is 0 Å². The maximum Gasteiger partial charge on any atom is 0.318 e. The molecule has 0 aromatic heterocycles. The lowest BCUT2D eigenvalue weighted by Crippen LogP contribution is -2.46. The van der Waals surface area contributed by atoms with Crippen molar-refractivity contribution in [3.8, 4) is 0 Å². The number of carboxylic acids is 1. The Bertz CT molecular complexity index is 283. The highest BCUT2D eigenvalue weighted by molar-refractivity contribution is 7.87. The van der Waals surface area contributed by atoms with Gasteiger partial charge in [0, 0.05) is 6.04 Å². The van der Waals surface area contributed by atoms with Crippen LogP contribution in [0.4, 0.5) is 0 Å². The molecule has 1 rings (SSSR count). The molecule has 3 N–H and O–H groups in total. The number of aliphatic carboxylic acids is 1. The summed E-state index contributed by atoms with van der Waals surface area (Å²) in [5.41, 5.74) is 0. The van der Waals surface area contributed by atoms with Gasteiger partial charge in [-0.15, -0.1) is 0 Å². The van der Waals surface area contributed by atoms with Crippen LogP contribution < -0.4 is 9.44 Å². The average molecular weight is 208 g/mol. The summed E-state index contributed by atoms with van der Waals surface area (Å²) < 4.78 is 26.4. The van der Waals surface area contributed by atoms with Gasteiger partial charge in [0.2, 0.25) is 0 Å². The Labute approximate surface area is 76.5 Å². The van der Waals surface area contributed by atoms with Gasteiger partial charge in [-0.2, -0.15) is 17.9 Å². The number of hydrogen-bond acceptors (Lipinski definition) is 3. The predicted octanol–water partition coefficient (Wildman–Crippen LogP) is -0.952. The summed E-state index contributed by atoms with van der Waals surface area (Å²) in [5.74, 6) is -1.20. The molecule has 0 bridgehead atoms. The Hall–Kier alpha value is -0.660. The maximum atomic E-state index is 11.1. The zero-order valence-electron chi connectivity index (χ0n) is 6.99. The van der Waals surface area contributed by atoms with Crippen molar-refractivity contribution >= 4 is 16.2 Å². The lowest BCUT2D eigenvalue weighted by atomic mass is 9.94. The molecule has 0 aromatic rings. The zero-order valence-corrected chi connectivity index (χ0v) is 7.80. The molecule has 0 heterocycles. The van der Waals surface area contributed by atoms with Crippen LogP contribution in [0.15, 0.2) is 0 Å². The minimum atomic E-state index is -3.62. The van der Waals surface area contributed by atoms with Crippen molar-refractivity contribution in [3.63, 3.8) is 0 Å². The Morgan fingerprint density at radius 2 is 2.08 bits per heavy atom.